The molecule has 0 aliphatic heterocycles. The Bertz CT molecular complexity index is 934. The van der Waals surface area contributed by atoms with Gasteiger partial charge in [0.1, 0.15) is 5.56 Å². The number of carbonyl (C=O) groups excluding carboxylic acids is 2. The van der Waals surface area contributed by atoms with Crippen LogP contribution >= 0.6 is 0 Å². The molecular formula is C27H44N4O4. The molecule has 2 aliphatic rings. The lowest BCUT2D eigenvalue weighted by Crippen LogP contribution is -2.53. The van der Waals surface area contributed by atoms with Crippen LogP contribution < -0.4 is 15.4 Å². The molecule has 2 saturated carbocycles. The Morgan fingerprint density at radius 2 is 2.06 bits per heavy atom. The minimum atomic E-state index is -0.581. The van der Waals surface area contributed by atoms with Crippen molar-refractivity contribution in [3.63, 3.8) is 0 Å². The van der Waals surface area contributed by atoms with Crippen molar-refractivity contribution in [3.05, 3.63) is 17.8 Å². The van der Waals surface area contributed by atoms with Crippen molar-refractivity contribution >= 4 is 18.0 Å². The second kappa shape index (κ2) is 10.7. The normalized spacial score (nSPS) is 25.7. The number of hydrogen-bond donors (Lipinski definition) is 3. The van der Waals surface area contributed by atoms with Crippen molar-refractivity contribution in [3.8, 4) is 5.88 Å². The summed E-state index contributed by atoms with van der Waals surface area (Å²) in [4.78, 5) is 25.1. The highest BCUT2D eigenvalue weighted by molar-refractivity contribution is 5.96. The number of aromatic nitrogens is 2. The molecule has 0 aromatic carbocycles. The van der Waals surface area contributed by atoms with Gasteiger partial charge < -0.3 is 20.5 Å². The van der Waals surface area contributed by atoms with Crippen molar-refractivity contribution in [1.29, 1.82) is 0 Å². The highest BCUT2D eigenvalue weighted by Crippen LogP contribution is 2.57. The summed E-state index contributed by atoms with van der Waals surface area (Å²) in [5.74, 6) is 1.53. The third-order valence-electron chi connectivity index (χ3n) is 7.87. The van der Waals surface area contributed by atoms with Crippen LogP contribution in [0, 0.1) is 23.2 Å². The van der Waals surface area contributed by atoms with E-state index in [4.69, 9.17) is 4.74 Å². The van der Waals surface area contributed by atoms with Gasteiger partial charge in [-0.1, -0.05) is 13.8 Å². The Morgan fingerprint density at radius 1 is 1.34 bits per heavy atom. The summed E-state index contributed by atoms with van der Waals surface area (Å²) < 4.78 is 7.59. The van der Waals surface area contributed by atoms with Crippen LogP contribution in [0.2, 0.25) is 0 Å². The van der Waals surface area contributed by atoms with Crippen LogP contribution in [-0.2, 0) is 4.79 Å². The summed E-state index contributed by atoms with van der Waals surface area (Å²) in [7, 11) is 0. The molecule has 1 heterocycles. The number of nitrogens with zero attached hydrogens (tertiary/aromatic N) is 2. The lowest BCUT2D eigenvalue weighted by atomic mass is 9.61. The Balaban J connectivity index is 1.86. The average molecular weight is 489 g/mol. The molecule has 196 valence electrons. The molecule has 1 aromatic rings. The van der Waals surface area contributed by atoms with Crippen LogP contribution in [0.4, 0.5) is 0 Å². The fraction of sp³-hybridized carbons (Fsp3) is 0.741. The second-order valence-corrected chi connectivity index (χ2v) is 11.8. The minimum Gasteiger partial charge on any atom is -0.474 e. The first-order chi connectivity index (χ1) is 16.4. The molecule has 4 atom stereocenters. The maximum absolute atomic E-state index is 13.6. The quantitative estimate of drug-likeness (QED) is 0.462. The molecule has 2 bridgehead atoms. The highest BCUT2D eigenvalue weighted by atomic mass is 16.5. The number of amides is 2. The van der Waals surface area contributed by atoms with E-state index < -0.39 is 5.54 Å². The van der Waals surface area contributed by atoms with E-state index in [1.54, 1.807) is 17.1 Å². The summed E-state index contributed by atoms with van der Waals surface area (Å²) in [6, 6.07) is 0.0623. The zero-order valence-electron chi connectivity index (χ0n) is 22.4. The number of aliphatic hydroxyl groups excluding tert-OH is 1. The number of ether oxygens (including phenoxy) is 1. The molecule has 0 saturated heterocycles. The Labute approximate surface area is 209 Å². The monoisotopic (exact) mass is 488 g/mol. The highest BCUT2D eigenvalue weighted by Gasteiger charge is 2.53. The molecule has 0 radical (unpaired) electrons. The van der Waals surface area contributed by atoms with Gasteiger partial charge in [-0.3, -0.25) is 9.59 Å². The second-order valence-electron chi connectivity index (χ2n) is 11.8. The van der Waals surface area contributed by atoms with E-state index in [1.165, 1.54) is 13.3 Å². The van der Waals surface area contributed by atoms with Crippen molar-refractivity contribution in [2.45, 2.75) is 98.3 Å². The largest absolute Gasteiger partial charge is 0.474 e. The van der Waals surface area contributed by atoms with Gasteiger partial charge >= 0.3 is 0 Å². The van der Waals surface area contributed by atoms with E-state index in [2.05, 4.69) is 29.6 Å². The predicted octanol–water partition coefficient (Wildman–Crippen LogP) is 4.00. The number of fused-ring (bicyclic) bond motifs is 2. The van der Waals surface area contributed by atoms with Gasteiger partial charge in [-0.2, -0.15) is 5.10 Å². The minimum absolute atomic E-state index is 0.0623. The van der Waals surface area contributed by atoms with E-state index >= 15 is 0 Å². The fourth-order valence-electron chi connectivity index (χ4n) is 6.14. The van der Waals surface area contributed by atoms with Crippen LogP contribution in [0.3, 0.4) is 0 Å². The third kappa shape index (κ3) is 6.26. The first-order valence-corrected chi connectivity index (χ1v) is 13.0. The number of nitrogens with one attached hydrogen (secondary N) is 2. The number of rotatable bonds is 10. The SMILES string of the molecule is CC(=O)NC(C)(C)/C=C/n1ncc(C(=O)NC2C(CCCO)CC3CCC2C3(C)C)c1OC(C)C. The first-order valence-electron chi connectivity index (χ1n) is 13.0. The number of aliphatic hydroxyl groups is 1. The molecule has 3 N–H and O–H groups in total. The smallest absolute Gasteiger partial charge is 0.258 e. The first kappa shape index (κ1) is 27.2. The summed E-state index contributed by atoms with van der Waals surface area (Å²) in [5, 5.41) is 20.1. The zero-order chi connectivity index (χ0) is 26.0. The molecule has 2 aliphatic carbocycles. The number of hydrogen-bond acceptors (Lipinski definition) is 5. The van der Waals surface area contributed by atoms with Gasteiger partial charge in [-0.05, 0) is 89.0 Å². The van der Waals surface area contributed by atoms with Gasteiger partial charge in [0.2, 0.25) is 11.8 Å². The summed E-state index contributed by atoms with van der Waals surface area (Å²) in [5.41, 5.74) is 0.00855. The summed E-state index contributed by atoms with van der Waals surface area (Å²) in [6.45, 7) is 13.9. The predicted molar refractivity (Wildman–Crippen MR) is 137 cm³/mol. The molecule has 8 nitrogen and oxygen atoms in total. The fourth-order valence-corrected chi connectivity index (χ4v) is 6.14. The maximum atomic E-state index is 13.6. The molecule has 8 heteroatoms. The van der Waals surface area contributed by atoms with E-state index in [1.807, 2.05) is 33.8 Å². The third-order valence-corrected chi connectivity index (χ3v) is 7.87. The molecule has 0 spiro atoms. The zero-order valence-corrected chi connectivity index (χ0v) is 22.4. The van der Waals surface area contributed by atoms with Crippen LogP contribution in [0.15, 0.2) is 12.3 Å². The van der Waals surface area contributed by atoms with E-state index in [0.29, 0.717) is 29.2 Å². The van der Waals surface area contributed by atoms with Crippen LogP contribution in [0.1, 0.15) is 90.9 Å². The van der Waals surface area contributed by atoms with Crippen molar-refractivity contribution < 1.29 is 19.4 Å². The van der Waals surface area contributed by atoms with Crippen LogP contribution in [-0.4, -0.2) is 51.0 Å². The Hall–Kier alpha value is -2.35. The van der Waals surface area contributed by atoms with Crippen molar-refractivity contribution in [2.75, 3.05) is 6.61 Å². The van der Waals surface area contributed by atoms with E-state index in [-0.39, 0.29) is 36.0 Å². The van der Waals surface area contributed by atoms with Gasteiger partial charge in [0.15, 0.2) is 0 Å². The van der Waals surface area contributed by atoms with Gasteiger partial charge in [-0.15, -0.1) is 0 Å². The summed E-state index contributed by atoms with van der Waals surface area (Å²) >= 11 is 0. The standard InChI is InChI=1S/C27H44N4O4/c1-17(2)35-25-21(16-28-31(25)13-12-26(4,5)30-18(3)33)24(34)29-23-19(9-8-14-32)15-20-10-11-22(23)27(20,6)7/h12-13,16-17,19-20,22-23,32H,8-11,14-15H2,1-7H3,(H,29,34)(H,30,33)/b13-12+. The van der Waals surface area contributed by atoms with Crippen molar-refractivity contribution in [2.24, 2.45) is 23.2 Å². The van der Waals surface area contributed by atoms with Crippen molar-refractivity contribution in [1.82, 2.24) is 20.4 Å². The Morgan fingerprint density at radius 3 is 2.69 bits per heavy atom. The summed E-state index contributed by atoms with van der Waals surface area (Å²) in [6.07, 6.45) is 10.0. The topological polar surface area (TPSA) is 105 Å². The van der Waals surface area contributed by atoms with E-state index in [9.17, 15) is 14.7 Å². The van der Waals surface area contributed by atoms with E-state index in [0.717, 1.165) is 25.7 Å². The lowest BCUT2D eigenvalue weighted by molar-refractivity contribution is -0.120. The molecule has 1 aromatic heterocycles. The molecule has 2 fully saturated rings. The molecule has 3 rings (SSSR count). The lowest BCUT2D eigenvalue weighted by Gasteiger charge is -2.47. The van der Waals surface area contributed by atoms with Gasteiger partial charge in [-0.25, -0.2) is 4.68 Å². The molecular weight excluding hydrogens is 444 g/mol. The number of carbonyl (C=O) groups is 2. The molecule has 35 heavy (non-hydrogen) atoms. The van der Waals surface area contributed by atoms with Gasteiger partial charge in [0.05, 0.1) is 17.8 Å². The Kier molecular flexibility index (Phi) is 8.35. The van der Waals surface area contributed by atoms with Gasteiger partial charge in [0, 0.05) is 25.8 Å². The van der Waals surface area contributed by atoms with Crippen LogP contribution in [0.5, 0.6) is 5.88 Å². The maximum Gasteiger partial charge on any atom is 0.258 e. The van der Waals surface area contributed by atoms with Gasteiger partial charge in [0.25, 0.3) is 5.91 Å². The molecule has 4 unspecified atom stereocenters. The molecule has 2 amide bonds. The average Bonchev–Trinajstić information content (AvgIpc) is 3.19. The van der Waals surface area contributed by atoms with Crippen LogP contribution in [0.25, 0.3) is 6.20 Å².